The molecule has 0 saturated heterocycles. The van der Waals surface area contributed by atoms with Crippen molar-refractivity contribution in [3.8, 4) is 5.82 Å². The quantitative estimate of drug-likeness (QED) is 0.522. The summed E-state index contributed by atoms with van der Waals surface area (Å²) in [5.74, 6) is 0.930. The maximum Gasteiger partial charge on any atom is 0.220 e. The van der Waals surface area contributed by atoms with Crippen LogP contribution in [0.15, 0.2) is 60.9 Å². The van der Waals surface area contributed by atoms with E-state index in [0.29, 0.717) is 25.9 Å². The van der Waals surface area contributed by atoms with Gasteiger partial charge in [-0.2, -0.15) is 5.10 Å². The number of hydrogen-bond acceptors (Lipinski definition) is 3. The number of hydrogen-bond donors (Lipinski definition) is 1. The zero-order valence-corrected chi connectivity index (χ0v) is 16.8. The van der Waals surface area contributed by atoms with Gasteiger partial charge in [0.25, 0.3) is 0 Å². The molecular weight excluding hydrogens is 362 g/mol. The Morgan fingerprint density at radius 3 is 2.59 bits per heavy atom. The van der Waals surface area contributed by atoms with Crippen molar-refractivity contribution in [3.63, 3.8) is 0 Å². The lowest BCUT2D eigenvalue weighted by atomic mass is 10.2. The second-order valence-electron chi connectivity index (χ2n) is 7.28. The van der Waals surface area contributed by atoms with Gasteiger partial charge < -0.3 is 9.88 Å². The average Bonchev–Trinajstić information content (AvgIpc) is 3.36. The van der Waals surface area contributed by atoms with Crippen molar-refractivity contribution < 1.29 is 4.79 Å². The minimum absolute atomic E-state index is 0.0521. The molecule has 1 amide bonds. The topological polar surface area (TPSA) is 64.7 Å². The van der Waals surface area contributed by atoms with Crippen molar-refractivity contribution in [3.05, 3.63) is 77.7 Å². The zero-order chi connectivity index (χ0) is 20.2. The molecular formula is C23H25N5O. The molecule has 0 spiro atoms. The highest BCUT2D eigenvalue weighted by molar-refractivity contribution is 5.87. The summed E-state index contributed by atoms with van der Waals surface area (Å²) in [7, 11) is 0. The Kier molecular flexibility index (Phi) is 5.42. The second kappa shape index (κ2) is 8.31. The number of aromatic nitrogens is 4. The zero-order valence-electron chi connectivity index (χ0n) is 16.8. The summed E-state index contributed by atoms with van der Waals surface area (Å²) < 4.78 is 3.94. The molecule has 3 aromatic heterocycles. The summed E-state index contributed by atoms with van der Waals surface area (Å²) in [6, 6.07) is 16.0. The highest BCUT2D eigenvalue weighted by Crippen LogP contribution is 2.25. The van der Waals surface area contributed by atoms with Crippen molar-refractivity contribution in [2.75, 3.05) is 0 Å². The Hall–Kier alpha value is -3.41. The minimum Gasteiger partial charge on any atom is -0.352 e. The summed E-state index contributed by atoms with van der Waals surface area (Å²) in [6.07, 6.45) is 5.14. The van der Waals surface area contributed by atoms with E-state index in [4.69, 9.17) is 10.1 Å². The average molecular weight is 387 g/mol. The third-order valence-electron chi connectivity index (χ3n) is 4.96. The van der Waals surface area contributed by atoms with Crippen LogP contribution >= 0.6 is 0 Å². The first kappa shape index (κ1) is 18.9. The summed E-state index contributed by atoms with van der Waals surface area (Å²) in [6.45, 7) is 5.29. The van der Waals surface area contributed by atoms with E-state index in [1.54, 1.807) is 0 Å². The van der Waals surface area contributed by atoms with E-state index < -0.39 is 0 Å². The number of amides is 1. The molecule has 1 aromatic carbocycles. The fourth-order valence-corrected chi connectivity index (χ4v) is 3.58. The lowest BCUT2D eigenvalue weighted by Crippen LogP contribution is -2.22. The maximum absolute atomic E-state index is 12.2. The van der Waals surface area contributed by atoms with Crippen LogP contribution in [0, 0.1) is 13.8 Å². The van der Waals surface area contributed by atoms with Crippen LogP contribution in [0.3, 0.4) is 0 Å². The molecule has 1 N–H and O–H groups in total. The number of nitrogens with one attached hydrogen (secondary N) is 1. The molecule has 0 aliphatic rings. The van der Waals surface area contributed by atoms with E-state index in [9.17, 15) is 4.79 Å². The third kappa shape index (κ3) is 4.21. The fourth-order valence-electron chi connectivity index (χ4n) is 3.58. The van der Waals surface area contributed by atoms with E-state index in [0.717, 1.165) is 33.7 Å². The van der Waals surface area contributed by atoms with E-state index >= 15 is 0 Å². The Morgan fingerprint density at radius 1 is 1.07 bits per heavy atom. The van der Waals surface area contributed by atoms with Gasteiger partial charge in [0.15, 0.2) is 11.5 Å². The molecule has 4 rings (SSSR count). The normalized spacial score (nSPS) is 11.1. The van der Waals surface area contributed by atoms with Gasteiger partial charge in [0, 0.05) is 37.6 Å². The van der Waals surface area contributed by atoms with Crippen LogP contribution in [0.2, 0.25) is 0 Å². The maximum atomic E-state index is 12.2. The standard InChI is InChI=1S/C23H25N5O/c1-17-15-18(2)25-22-21(17)23(27-12-6-7-13-27)26-28(22)14-8-11-20(29)24-16-19-9-4-3-5-10-19/h3-7,9-10,12-13,15H,8,11,14,16H2,1-2H3,(H,24,29). The van der Waals surface area contributed by atoms with Crippen molar-refractivity contribution >= 4 is 16.9 Å². The number of nitrogens with zero attached hydrogens (tertiary/aromatic N) is 4. The summed E-state index contributed by atoms with van der Waals surface area (Å²) in [5.41, 5.74) is 4.10. The lowest BCUT2D eigenvalue weighted by molar-refractivity contribution is -0.121. The number of carbonyl (C=O) groups is 1. The first-order valence-corrected chi connectivity index (χ1v) is 9.90. The van der Waals surface area contributed by atoms with Crippen LogP contribution in [-0.4, -0.2) is 25.2 Å². The highest BCUT2D eigenvalue weighted by atomic mass is 16.1. The molecule has 3 heterocycles. The number of rotatable bonds is 7. The van der Waals surface area contributed by atoms with Gasteiger partial charge in [-0.15, -0.1) is 0 Å². The molecule has 29 heavy (non-hydrogen) atoms. The van der Waals surface area contributed by atoms with E-state index in [2.05, 4.69) is 18.3 Å². The minimum atomic E-state index is 0.0521. The van der Waals surface area contributed by atoms with E-state index in [-0.39, 0.29) is 5.91 Å². The van der Waals surface area contributed by atoms with Crippen molar-refractivity contribution in [2.45, 2.75) is 39.8 Å². The lowest BCUT2D eigenvalue weighted by Gasteiger charge is -2.06. The molecule has 0 fully saturated rings. The molecule has 6 heteroatoms. The monoisotopic (exact) mass is 387 g/mol. The predicted molar refractivity (Wildman–Crippen MR) is 114 cm³/mol. The fraction of sp³-hybridized carbons (Fsp3) is 0.261. The molecule has 0 atom stereocenters. The van der Waals surface area contributed by atoms with Crippen LogP contribution in [0.4, 0.5) is 0 Å². The molecule has 0 radical (unpaired) electrons. The van der Waals surface area contributed by atoms with Gasteiger partial charge in [0.1, 0.15) is 0 Å². The van der Waals surface area contributed by atoms with Gasteiger partial charge in [0.05, 0.1) is 5.39 Å². The number of aryl methyl sites for hydroxylation is 3. The Bertz CT molecular complexity index is 1110. The molecule has 4 aromatic rings. The highest BCUT2D eigenvalue weighted by Gasteiger charge is 2.16. The smallest absolute Gasteiger partial charge is 0.220 e. The van der Waals surface area contributed by atoms with Crippen LogP contribution < -0.4 is 5.32 Å². The molecule has 0 aliphatic carbocycles. The number of fused-ring (bicyclic) bond motifs is 1. The van der Waals surface area contributed by atoms with E-state index in [1.165, 1.54) is 0 Å². The number of carbonyl (C=O) groups excluding carboxylic acids is 1. The SMILES string of the molecule is Cc1cc(C)c2c(-n3cccc3)nn(CCCC(=O)NCc3ccccc3)c2n1. The van der Waals surface area contributed by atoms with Crippen molar-refractivity contribution in [1.82, 2.24) is 24.6 Å². The predicted octanol–water partition coefficient (Wildman–Crippen LogP) is 3.94. The van der Waals surface area contributed by atoms with Gasteiger partial charge in [0.2, 0.25) is 5.91 Å². The molecule has 0 bridgehead atoms. The van der Waals surface area contributed by atoms with Crippen LogP contribution in [0.1, 0.15) is 29.7 Å². The molecule has 6 nitrogen and oxygen atoms in total. The molecule has 0 unspecified atom stereocenters. The van der Waals surface area contributed by atoms with Crippen LogP contribution in [-0.2, 0) is 17.9 Å². The van der Waals surface area contributed by atoms with Gasteiger partial charge >= 0.3 is 0 Å². The number of pyridine rings is 1. The molecule has 0 saturated carbocycles. The number of benzene rings is 1. The van der Waals surface area contributed by atoms with Gasteiger partial charge in [-0.1, -0.05) is 30.3 Å². The molecule has 148 valence electrons. The first-order chi connectivity index (χ1) is 14.1. The van der Waals surface area contributed by atoms with Crippen molar-refractivity contribution in [2.24, 2.45) is 0 Å². The largest absolute Gasteiger partial charge is 0.352 e. The summed E-state index contributed by atoms with van der Waals surface area (Å²) in [5, 5.41) is 8.85. The first-order valence-electron chi connectivity index (χ1n) is 9.90. The Labute approximate surface area is 170 Å². The van der Waals surface area contributed by atoms with Gasteiger partial charge in [-0.05, 0) is 49.6 Å². The summed E-state index contributed by atoms with van der Waals surface area (Å²) in [4.78, 5) is 16.9. The van der Waals surface area contributed by atoms with Crippen molar-refractivity contribution in [1.29, 1.82) is 0 Å². The molecule has 0 aliphatic heterocycles. The van der Waals surface area contributed by atoms with Gasteiger partial charge in [-0.3, -0.25) is 4.79 Å². The van der Waals surface area contributed by atoms with E-state index in [1.807, 2.05) is 71.0 Å². The summed E-state index contributed by atoms with van der Waals surface area (Å²) >= 11 is 0. The van der Waals surface area contributed by atoms with Crippen LogP contribution in [0.5, 0.6) is 0 Å². The van der Waals surface area contributed by atoms with Gasteiger partial charge in [-0.25, -0.2) is 9.67 Å². The second-order valence-corrected chi connectivity index (χ2v) is 7.28. The van der Waals surface area contributed by atoms with Crippen LogP contribution in [0.25, 0.3) is 16.9 Å². The third-order valence-corrected chi connectivity index (χ3v) is 4.96. The Balaban J connectivity index is 1.46. The Morgan fingerprint density at radius 2 is 1.83 bits per heavy atom.